The van der Waals surface area contributed by atoms with Gasteiger partial charge in [-0.05, 0) is 11.1 Å². The van der Waals surface area contributed by atoms with Gasteiger partial charge in [0.1, 0.15) is 0 Å². The number of hydrogen-bond acceptors (Lipinski definition) is 5. The Hall–Kier alpha value is -2.41. The van der Waals surface area contributed by atoms with E-state index in [2.05, 4.69) is 0 Å². The van der Waals surface area contributed by atoms with Gasteiger partial charge >= 0.3 is 0 Å². The second-order valence-corrected chi connectivity index (χ2v) is 6.38. The van der Waals surface area contributed by atoms with Crippen molar-refractivity contribution in [3.05, 3.63) is 92.0 Å². The molecule has 0 spiro atoms. The van der Waals surface area contributed by atoms with Gasteiger partial charge in [-0.1, -0.05) is 60.7 Å². The first kappa shape index (κ1) is 17.0. The van der Waals surface area contributed by atoms with Crippen LogP contribution < -0.4 is 0 Å². The number of thioether (sulfide) groups is 1. The molecule has 23 heavy (non-hydrogen) atoms. The van der Waals surface area contributed by atoms with Gasteiger partial charge in [0.2, 0.25) is 13.1 Å². The van der Waals surface area contributed by atoms with Gasteiger partial charge in [-0.25, -0.2) is 0 Å². The molecule has 2 rings (SSSR count). The second kappa shape index (κ2) is 8.28. The maximum atomic E-state index is 11.0. The van der Waals surface area contributed by atoms with Crippen molar-refractivity contribution >= 4 is 11.8 Å². The molecule has 0 fully saturated rings. The van der Waals surface area contributed by atoms with Crippen molar-refractivity contribution in [1.29, 1.82) is 0 Å². The van der Waals surface area contributed by atoms with Gasteiger partial charge in [-0.3, -0.25) is 20.2 Å². The summed E-state index contributed by atoms with van der Waals surface area (Å²) in [5.41, 5.74) is 1.61. The minimum Gasteiger partial charge on any atom is -0.264 e. The maximum absolute atomic E-state index is 11.0. The molecule has 0 aliphatic carbocycles. The van der Waals surface area contributed by atoms with Gasteiger partial charge in [0.05, 0.1) is 10.5 Å². The first-order valence-corrected chi connectivity index (χ1v) is 7.99. The zero-order chi connectivity index (χ0) is 16.7. The Labute approximate surface area is 137 Å². The molecule has 7 heteroatoms. The van der Waals surface area contributed by atoms with Gasteiger partial charge in [0, 0.05) is 9.85 Å². The van der Waals surface area contributed by atoms with E-state index in [1.54, 1.807) is 0 Å². The number of rotatable bonds is 8. The highest BCUT2D eigenvalue weighted by Gasteiger charge is 2.27. The van der Waals surface area contributed by atoms with Crippen LogP contribution in [0.4, 0.5) is 0 Å². The van der Waals surface area contributed by atoms with E-state index in [1.807, 2.05) is 60.7 Å². The van der Waals surface area contributed by atoms with E-state index in [1.165, 1.54) is 11.8 Å². The number of benzene rings is 2. The number of hydrogen-bond donors (Lipinski definition) is 0. The van der Waals surface area contributed by atoms with Crippen LogP contribution in [0.1, 0.15) is 21.6 Å². The Morgan fingerprint density at radius 2 is 1.09 bits per heavy atom. The van der Waals surface area contributed by atoms with Crippen LogP contribution in [0.25, 0.3) is 0 Å². The molecule has 0 aliphatic rings. The van der Waals surface area contributed by atoms with Crippen molar-refractivity contribution in [2.75, 3.05) is 13.1 Å². The summed E-state index contributed by atoms with van der Waals surface area (Å²) in [4.78, 5) is 21.2. The summed E-state index contributed by atoms with van der Waals surface area (Å²) in [6, 6.07) is 18.2. The molecule has 0 saturated carbocycles. The van der Waals surface area contributed by atoms with Gasteiger partial charge in [0.25, 0.3) is 0 Å². The lowest BCUT2D eigenvalue weighted by atomic mass is 10.1. The van der Waals surface area contributed by atoms with E-state index in [4.69, 9.17) is 0 Å². The Bertz CT molecular complexity index is 594. The van der Waals surface area contributed by atoms with Crippen LogP contribution in [0.3, 0.4) is 0 Å². The lowest BCUT2D eigenvalue weighted by molar-refractivity contribution is -0.481. The molecular formula is C16H16N2O4S. The van der Waals surface area contributed by atoms with Gasteiger partial charge in [-0.2, -0.15) is 0 Å². The Morgan fingerprint density at radius 1 is 0.739 bits per heavy atom. The van der Waals surface area contributed by atoms with E-state index in [0.29, 0.717) is 0 Å². The summed E-state index contributed by atoms with van der Waals surface area (Å²) < 4.78 is 0. The van der Waals surface area contributed by atoms with E-state index < -0.39 is 10.5 Å². The van der Waals surface area contributed by atoms with Crippen LogP contribution in [0.5, 0.6) is 0 Å². The van der Waals surface area contributed by atoms with Crippen LogP contribution in [-0.2, 0) is 0 Å². The SMILES string of the molecule is O=[N+]([O-])CC(SC(C[N+](=O)[O-])c1ccccc1)c1ccccc1. The minimum atomic E-state index is -0.434. The van der Waals surface area contributed by atoms with Gasteiger partial charge in [0.15, 0.2) is 0 Å². The van der Waals surface area contributed by atoms with Crippen molar-refractivity contribution in [1.82, 2.24) is 0 Å². The Morgan fingerprint density at radius 3 is 1.39 bits per heavy atom. The van der Waals surface area contributed by atoms with Crippen LogP contribution >= 0.6 is 11.8 Å². The molecule has 0 saturated heterocycles. The summed E-state index contributed by atoms with van der Waals surface area (Å²) >= 11 is 1.27. The average molecular weight is 332 g/mol. The summed E-state index contributed by atoms with van der Waals surface area (Å²) in [6.07, 6.45) is 0. The molecule has 0 amide bonds. The minimum absolute atomic E-state index is 0.268. The van der Waals surface area contributed by atoms with E-state index in [-0.39, 0.29) is 22.9 Å². The molecule has 2 unspecified atom stereocenters. The second-order valence-electron chi connectivity index (χ2n) is 4.97. The first-order chi connectivity index (χ1) is 11.1. The maximum Gasteiger partial charge on any atom is 0.219 e. The van der Waals surface area contributed by atoms with Crippen LogP contribution in [0, 0.1) is 20.2 Å². The zero-order valence-electron chi connectivity index (χ0n) is 12.3. The van der Waals surface area contributed by atoms with Crippen molar-refractivity contribution in [3.63, 3.8) is 0 Å². The third kappa shape index (κ3) is 5.37. The third-order valence-electron chi connectivity index (χ3n) is 3.30. The summed E-state index contributed by atoms with van der Waals surface area (Å²) in [5, 5.41) is 21.1. The van der Waals surface area contributed by atoms with E-state index in [0.717, 1.165) is 11.1 Å². The highest BCUT2D eigenvalue weighted by atomic mass is 32.2. The fraction of sp³-hybridized carbons (Fsp3) is 0.250. The first-order valence-electron chi connectivity index (χ1n) is 7.05. The topological polar surface area (TPSA) is 86.3 Å². The molecule has 2 aromatic carbocycles. The average Bonchev–Trinajstić information content (AvgIpc) is 2.54. The molecule has 0 aromatic heterocycles. The molecule has 0 bridgehead atoms. The van der Waals surface area contributed by atoms with Crippen LogP contribution in [0.2, 0.25) is 0 Å². The largest absolute Gasteiger partial charge is 0.264 e. The van der Waals surface area contributed by atoms with Crippen molar-refractivity contribution in [3.8, 4) is 0 Å². The molecule has 2 atom stereocenters. The molecule has 0 radical (unpaired) electrons. The molecule has 0 heterocycles. The lowest BCUT2D eigenvalue weighted by Crippen LogP contribution is -2.15. The molecule has 120 valence electrons. The highest BCUT2D eigenvalue weighted by molar-refractivity contribution is 7.99. The normalized spacial score (nSPS) is 13.2. The van der Waals surface area contributed by atoms with Gasteiger partial charge < -0.3 is 0 Å². The Kier molecular flexibility index (Phi) is 6.10. The molecular weight excluding hydrogens is 316 g/mol. The van der Waals surface area contributed by atoms with E-state index >= 15 is 0 Å². The fourth-order valence-corrected chi connectivity index (χ4v) is 3.70. The molecule has 2 aromatic rings. The highest BCUT2D eigenvalue weighted by Crippen LogP contribution is 2.40. The van der Waals surface area contributed by atoms with E-state index in [9.17, 15) is 20.2 Å². The molecule has 0 aliphatic heterocycles. The number of nitrogens with zero attached hydrogens (tertiary/aromatic N) is 2. The smallest absolute Gasteiger partial charge is 0.219 e. The predicted molar refractivity (Wildman–Crippen MR) is 89.7 cm³/mol. The quantitative estimate of drug-likeness (QED) is 0.542. The lowest BCUT2D eigenvalue weighted by Gasteiger charge is -2.19. The van der Waals surface area contributed by atoms with Gasteiger partial charge in [-0.15, -0.1) is 11.8 Å². The van der Waals surface area contributed by atoms with Crippen LogP contribution in [-0.4, -0.2) is 22.9 Å². The van der Waals surface area contributed by atoms with Crippen molar-refractivity contribution in [2.45, 2.75) is 10.5 Å². The Balaban J connectivity index is 2.26. The zero-order valence-corrected chi connectivity index (χ0v) is 13.1. The van der Waals surface area contributed by atoms with Crippen LogP contribution in [0.15, 0.2) is 60.7 Å². The predicted octanol–water partition coefficient (Wildman–Crippen LogP) is 3.76. The van der Waals surface area contributed by atoms with Crippen molar-refractivity contribution < 1.29 is 9.85 Å². The fourth-order valence-electron chi connectivity index (χ4n) is 2.26. The standard InChI is InChI=1S/C16H16N2O4S/c19-17(20)11-15(13-7-3-1-4-8-13)23-16(12-18(21)22)14-9-5-2-6-10-14/h1-10,15-16H,11-12H2. The molecule has 6 nitrogen and oxygen atoms in total. The monoisotopic (exact) mass is 332 g/mol. The molecule has 0 N–H and O–H groups in total. The number of nitro groups is 2. The van der Waals surface area contributed by atoms with Crippen molar-refractivity contribution in [2.24, 2.45) is 0 Å². The summed E-state index contributed by atoms with van der Waals surface area (Å²) in [5.74, 6) is 0. The summed E-state index contributed by atoms with van der Waals surface area (Å²) in [7, 11) is 0. The third-order valence-corrected chi connectivity index (χ3v) is 4.80. The summed E-state index contributed by atoms with van der Waals surface area (Å²) in [6.45, 7) is -0.536.